The Kier molecular flexibility index (Phi) is 3.29. The van der Waals surface area contributed by atoms with Crippen molar-refractivity contribution in [3.63, 3.8) is 0 Å². The molecule has 0 fully saturated rings. The van der Waals surface area contributed by atoms with Crippen LogP contribution in [0.1, 0.15) is 24.0 Å². The van der Waals surface area contributed by atoms with Crippen molar-refractivity contribution in [2.75, 3.05) is 0 Å². The van der Waals surface area contributed by atoms with E-state index in [1.807, 2.05) is 28.8 Å². The summed E-state index contributed by atoms with van der Waals surface area (Å²) in [5, 5.41) is 6.50. The minimum Gasteiger partial charge on any atom is -0.217 e. The third-order valence-electron chi connectivity index (χ3n) is 3.05. The van der Waals surface area contributed by atoms with Crippen molar-refractivity contribution >= 4 is 27.9 Å². The Morgan fingerprint density at radius 3 is 2.63 bits per heavy atom. The summed E-state index contributed by atoms with van der Waals surface area (Å²) < 4.78 is 1.94. The van der Waals surface area contributed by atoms with E-state index in [0.29, 0.717) is 0 Å². The zero-order valence-electron chi connectivity index (χ0n) is 10.9. The Hall–Kier alpha value is -1.39. The van der Waals surface area contributed by atoms with Crippen LogP contribution in [0.15, 0.2) is 24.3 Å². The smallest absolute Gasteiger partial charge is 0.212 e. The Morgan fingerprint density at radius 1 is 1.26 bits per heavy atom. The van der Waals surface area contributed by atoms with Crippen molar-refractivity contribution in [2.45, 2.75) is 26.7 Å². The van der Waals surface area contributed by atoms with E-state index in [1.165, 1.54) is 0 Å². The Balaban J connectivity index is 2.07. The standard InChI is InChI=1S/C14H14ClN3S/c1-3-4-12-17-18-9(2)13(16-14(18)19-12)10-5-7-11(15)8-6-10/h5-8H,3-4H2,1-2H3. The second-order valence-corrected chi connectivity index (χ2v) is 5.97. The van der Waals surface area contributed by atoms with E-state index in [1.54, 1.807) is 11.3 Å². The van der Waals surface area contributed by atoms with E-state index in [4.69, 9.17) is 16.6 Å². The second kappa shape index (κ2) is 4.94. The fraction of sp³-hybridized carbons (Fsp3) is 0.286. The third-order valence-corrected chi connectivity index (χ3v) is 4.27. The first-order valence-corrected chi connectivity index (χ1v) is 7.49. The quantitative estimate of drug-likeness (QED) is 0.717. The largest absolute Gasteiger partial charge is 0.217 e. The zero-order valence-corrected chi connectivity index (χ0v) is 12.4. The second-order valence-electron chi connectivity index (χ2n) is 4.49. The van der Waals surface area contributed by atoms with Crippen molar-refractivity contribution in [1.82, 2.24) is 14.6 Å². The predicted octanol–water partition coefficient (Wildman–Crippen LogP) is 4.37. The van der Waals surface area contributed by atoms with Crippen molar-refractivity contribution < 1.29 is 0 Å². The molecule has 3 rings (SSSR count). The molecule has 0 radical (unpaired) electrons. The van der Waals surface area contributed by atoms with Crippen LogP contribution in [-0.2, 0) is 6.42 Å². The molecule has 3 nitrogen and oxygen atoms in total. The summed E-state index contributed by atoms with van der Waals surface area (Å²) in [5.41, 5.74) is 3.14. The van der Waals surface area contributed by atoms with E-state index < -0.39 is 0 Å². The SMILES string of the molecule is CCCc1nn2c(C)c(-c3ccc(Cl)cc3)nc2s1. The van der Waals surface area contributed by atoms with E-state index in [0.717, 1.165) is 44.8 Å². The molecule has 0 aliphatic carbocycles. The van der Waals surface area contributed by atoms with Crippen LogP contribution in [0.4, 0.5) is 0 Å². The van der Waals surface area contributed by atoms with Crippen LogP contribution in [0.25, 0.3) is 16.2 Å². The minimum absolute atomic E-state index is 0.741. The Morgan fingerprint density at radius 2 is 2.00 bits per heavy atom. The first-order chi connectivity index (χ1) is 9.19. The Bertz CT molecular complexity index is 712. The summed E-state index contributed by atoms with van der Waals surface area (Å²) in [5.74, 6) is 0. The molecule has 1 aromatic carbocycles. The van der Waals surface area contributed by atoms with Crippen LogP contribution in [0.3, 0.4) is 0 Å². The average molecular weight is 292 g/mol. The maximum absolute atomic E-state index is 5.92. The summed E-state index contributed by atoms with van der Waals surface area (Å²) >= 11 is 7.59. The molecule has 2 heterocycles. The van der Waals surface area contributed by atoms with Gasteiger partial charge in [0.1, 0.15) is 5.01 Å². The molecular weight excluding hydrogens is 278 g/mol. The number of rotatable bonds is 3. The van der Waals surface area contributed by atoms with Gasteiger partial charge in [0, 0.05) is 17.0 Å². The maximum Gasteiger partial charge on any atom is 0.212 e. The first-order valence-electron chi connectivity index (χ1n) is 6.30. The lowest BCUT2D eigenvalue weighted by Crippen LogP contribution is -1.91. The molecule has 0 bridgehead atoms. The van der Waals surface area contributed by atoms with Gasteiger partial charge >= 0.3 is 0 Å². The normalized spacial score (nSPS) is 11.3. The highest BCUT2D eigenvalue weighted by Crippen LogP contribution is 2.27. The number of nitrogens with zero attached hydrogens (tertiary/aromatic N) is 3. The van der Waals surface area contributed by atoms with Crippen LogP contribution in [0, 0.1) is 6.92 Å². The molecular formula is C14H14ClN3S. The number of imidazole rings is 1. The van der Waals surface area contributed by atoms with Gasteiger partial charge in [0.25, 0.3) is 0 Å². The first kappa shape index (κ1) is 12.6. The van der Waals surface area contributed by atoms with E-state index in [-0.39, 0.29) is 0 Å². The molecule has 0 amide bonds. The molecule has 0 saturated carbocycles. The molecule has 5 heteroatoms. The third kappa shape index (κ3) is 2.26. The fourth-order valence-corrected chi connectivity index (χ4v) is 3.25. The van der Waals surface area contributed by atoms with Gasteiger partial charge in [-0.05, 0) is 25.5 Å². The van der Waals surface area contributed by atoms with Gasteiger partial charge in [-0.25, -0.2) is 9.50 Å². The molecule has 0 aliphatic heterocycles. The van der Waals surface area contributed by atoms with Gasteiger partial charge in [-0.1, -0.05) is 42.0 Å². The van der Waals surface area contributed by atoms with Crippen molar-refractivity contribution in [2.24, 2.45) is 0 Å². The highest BCUT2D eigenvalue weighted by Gasteiger charge is 2.14. The number of hydrogen-bond acceptors (Lipinski definition) is 3. The summed E-state index contributed by atoms with van der Waals surface area (Å²) in [6.07, 6.45) is 2.13. The number of aromatic nitrogens is 3. The summed E-state index contributed by atoms with van der Waals surface area (Å²) in [7, 11) is 0. The maximum atomic E-state index is 5.92. The Labute approximate surface area is 120 Å². The molecule has 0 aliphatic rings. The lowest BCUT2D eigenvalue weighted by atomic mass is 10.1. The van der Waals surface area contributed by atoms with Gasteiger partial charge in [-0.15, -0.1) is 0 Å². The number of benzene rings is 1. The van der Waals surface area contributed by atoms with Gasteiger partial charge in [-0.3, -0.25) is 0 Å². The fourth-order valence-electron chi connectivity index (χ4n) is 2.08. The summed E-state index contributed by atoms with van der Waals surface area (Å²) in [6.45, 7) is 4.22. The molecule has 0 spiro atoms. The van der Waals surface area contributed by atoms with E-state index in [9.17, 15) is 0 Å². The number of aryl methyl sites for hydroxylation is 2. The number of halogens is 1. The number of fused-ring (bicyclic) bond motifs is 1. The highest BCUT2D eigenvalue weighted by molar-refractivity contribution is 7.16. The molecule has 98 valence electrons. The van der Waals surface area contributed by atoms with Crippen LogP contribution in [0.5, 0.6) is 0 Å². The van der Waals surface area contributed by atoms with Gasteiger partial charge in [0.2, 0.25) is 4.96 Å². The van der Waals surface area contributed by atoms with E-state index in [2.05, 4.69) is 18.9 Å². The average Bonchev–Trinajstić information content (AvgIpc) is 2.91. The van der Waals surface area contributed by atoms with Crippen LogP contribution in [-0.4, -0.2) is 14.6 Å². The van der Waals surface area contributed by atoms with Crippen LogP contribution >= 0.6 is 22.9 Å². The van der Waals surface area contributed by atoms with Gasteiger partial charge < -0.3 is 0 Å². The zero-order chi connectivity index (χ0) is 13.4. The van der Waals surface area contributed by atoms with Crippen molar-refractivity contribution in [3.8, 4) is 11.3 Å². The van der Waals surface area contributed by atoms with Gasteiger partial charge in [-0.2, -0.15) is 5.10 Å². The van der Waals surface area contributed by atoms with Gasteiger partial charge in [0.15, 0.2) is 0 Å². The minimum atomic E-state index is 0.741. The molecule has 0 N–H and O–H groups in total. The summed E-state index contributed by atoms with van der Waals surface area (Å²) in [4.78, 5) is 5.65. The predicted molar refractivity (Wildman–Crippen MR) is 80.0 cm³/mol. The van der Waals surface area contributed by atoms with E-state index >= 15 is 0 Å². The van der Waals surface area contributed by atoms with Crippen molar-refractivity contribution in [1.29, 1.82) is 0 Å². The molecule has 19 heavy (non-hydrogen) atoms. The van der Waals surface area contributed by atoms with Crippen LogP contribution in [0.2, 0.25) is 5.02 Å². The van der Waals surface area contributed by atoms with Gasteiger partial charge in [0.05, 0.1) is 11.4 Å². The molecule has 2 aromatic heterocycles. The molecule has 3 aromatic rings. The molecule has 0 unspecified atom stereocenters. The van der Waals surface area contributed by atoms with Crippen molar-refractivity contribution in [3.05, 3.63) is 40.0 Å². The lowest BCUT2D eigenvalue weighted by Gasteiger charge is -1.99. The van der Waals surface area contributed by atoms with Crippen LogP contribution < -0.4 is 0 Å². The monoisotopic (exact) mass is 291 g/mol. The topological polar surface area (TPSA) is 30.2 Å². The molecule has 0 saturated heterocycles. The number of hydrogen-bond donors (Lipinski definition) is 0. The molecule has 0 atom stereocenters. The summed E-state index contributed by atoms with van der Waals surface area (Å²) in [6, 6.07) is 7.77. The highest BCUT2D eigenvalue weighted by atomic mass is 35.5. The lowest BCUT2D eigenvalue weighted by molar-refractivity contribution is 0.835.